The van der Waals surface area contributed by atoms with Crippen molar-refractivity contribution in [3.05, 3.63) is 71.8 Å². The van der Waals surface area contributed by atoms with Crippen LogP contribution >= 0.6 is 17.2 Å². The molecule has 4 heteroatoms. The molecule has 3 aromatic rings. The molecule has 180 valence electrons. The molecule has 4 fully saturated rings. The van der Waals surface area contributed by atoms with E-state index in [1.54, 1.807) is 11.1 Å². The Morgan fingerprint density at radius 2 is 1.59 bits per heavy atom. The summed E-state index contributed by atoms with van der Waals surface area (Å²) in [5, 5.41) is 2.91. The zero-order valence-corrected chi connectivity index (χ0v) is 23.0. The van der Waals surface area contributed by atoms with Gasteiger partial charge in [0.05, 0.1) is 0 Å². The minimum Gasteiger partial charge on any atom is -0.367 e. The van der Waals surface area contributed by atoms with Crippen molar-refractivity contribution in [2.24, 2.45) is 23.7 Å². The number of benzene rings is 1. The molecule has 4 aliphatic rings. The minimum atomic E-state index is -0.445. The molecule has 4 atom stereocenters. The van der Waals surface area contributed by atoms with E-state index in [0.29, 0.717) is 5.41 Å². The number of aromatic amines is 2. The zero-order valence-electron chi connectivity index (χ0n) is 21.0. The molecule has 4 unspecified atom stereocenters. The van der Waals surface area contributed by atoms with E-state index in [4.69, 9.17) is 0 Å². The fraction of sp³-hybridized carbons (Fsp3) is 0.533. The van der Waals surface area contributed by atoms with Crippen LogP contribution in [0.5, 0.6) is 0 Å². The van der Waals surface area contributed by atoms with E-state index in [9.17, 15) is 0 Å². The first-order valence-corrected chi connectivity index (χ1v) is 15.6. The fourth-order valence-corrected chi connectivity index (χ4v) is 11.2. The molecule has 0 aliphatic heterocycles. The normalized spacial score (nSPS) is 30.4. The van der Waals surface area contributed by atoms with Gasteiger partial charge in [-0.15, -0.1) is 9.24 Å². The maximum Gasteiger partial charge on any atom is 0.00860 e. The van der Waals surface area contributed by atoms with Crippen molar-refractivity contribution < 1.29 is 0 Å². The second-order valence-corrected chi connectivity index (χ2v) is 15.1. The van der Waals surface area contributed by atoms with Crippen LogP contribution < -0.4 is 10.6 Å². The first-order chi connectivity index (χ1) is 16.4. The second kappa shape index (κ2) is 8.64. The Morgan fingerprint density at radius 1 is 0.941 bits per heavy atom. The van der Waals surface area contributed by atoms with Crippen molar-refractivity contribution in [2.75, 3.05) is 6.16 Å². The number of nitrogens with one attached hydrogen (secondary N) is 2. The quantitative estimate of drug-likeness (QED) is 0.355. The maximum atomic E-state index is 3.34. The van der Waals surface area contributed by atoms with Crippen LogP contribution in [0.2, 0.25) is 0 Å². The highest BCUT2D eigenvalue weighted by Gasteiger charge is 2.57. The SMILES string of the molecule is CC(C)(C)c1ccc(C23CC4CC(CC(C4)C2CP)C3)c(CP(c2cc[nH]c2)c2cc[nH]c2)c1. The highest BCUT2D eigenvalue weighted by molar-refractivity contribution is 7.72. The summed E-state index contributed by atoms with van der Waals surface area (Å²) in [6, 6.07) is 12.3. The first-order valence-electron chi connectivity index (χ1n) is 13.2. The molecular weight excluding hydrogens is 450 g/mol. The smallest absolute Gasteiger partial charge is 0.00860 e. The molecule has 7 rings (SSSR count). The Labute approximate surface area is 209 Å². The Morgan fingerprint density at radius 3 is 2.12 bits per heavy atom. The van der Waals surface area contributed by atoms with E-state index in [-0.39, 0.29) is 5.41 Å². The van der Waals surface area contributed by atoms with E-state index in [2.05, 4.69) is 95.1 Å². The van der Waals surface area contributed by atoms with Crippen LogP contribution in [0.15, 0.2) is 55.1 Å². The lowest BCUT2D eigenvalue weighted by molar-refractivity contribution is -0.0520. The Balaban J connectivity index is 1.49. The lowest BCUT2D eigenvalue weighted by atomic mass is 9.43. The molecule has 4 bridgehead atoms. The molecular formula is C30H40N2P2. The molecule has 0 saturated heterocycles. The molecule has 1 aromatic carbocycles. The van der Waals surface area contributed by atoms with Crippen LogP contribution in [0.25, 0.3) is 0 Å². The molecule has 2 N–H and O–H groups in total. The van der Waals surface area contributed by atoms with Gasteiger partial charge in [-0.3, -0.25) is 0 Å². The van der Waals surface area contributed by atoms with E-state index in [0.717, 1.165) is 29.8 Å². The zero-order chi connectivity index (χ0) is 23.5. The van der Waals surface area contributed by atoms with Crippen molar-refractivity contribution in [1.29, 1.82) is 0 Å². The van der Waals surface area contributed by atoms with Gasteiger partial charge in [-0.05, 0) is 120 Å². The average molecular weight is 491 g/mol. The van der Waals surface area contributed by atoms with Gasteiger partial charge in [0.15, 0.2) is 0 Å². The molecule has 2 aromatic heterocycles. The lowest BCUT2D eigenvalue weighted by Gasteiger charge is -2.62. The Hall–Kier alpha value is -1.36. The Bertz CT molecular complexity index is 1080. The first kappa shape index (κ1) is 23.1. The van der Waals surface area contributed by atoms with E-state index < -0.39 is 7.92 Å². The predicted molar refractivity (Wildman–Crippen MR) is 150 cm³/mol. The van der Waals surface area contributed by atoms with Crippen molar-refractivity contribution in [3.63, 3.8) is 0 Å². The highest BCUT2D eigenvalue weighted by Crippen LogP contribution is 2.64. The largest absolute Gasteiger partial charge is 0.367 e. The summed E-state index contributed by atoms with van der Waals surface area (Å²) in [5.41, 5.74) is 5.38. The molecule has 0 spiro atoms. The highest BCUT2D eigenvalue weighted by atomic mass is 31.1. The van der Waals surface area contributed by atoms with Gasteiger partial charge >= 0.3 is 0 Å². The van der Waals surface area contributed by atoms with Gasteiger partial charge in [-0.25, -0.2) is 0 Å². The van der Waals surface area contributed by atoms with Crippen molar-refractivity contribution in [1.82, 2.24) is 9.97 Å². The van der Waals surface area contributed by atoms with Gasteiger partial charge in [0, 0.05) is 30.9 Å². The standard InChI is InChI=1S/C30H40N2P2/c1-29(2,3)24-4-5-27(30-14-20-10-21(15-30)12-22(11-20)28(30)18-33)23(13-24)19-34(25-6-8-31-16-25)26-7-9-32-17-26/h4-9,13,16-17,20-22,28,31-32H,10-12,14-15,18-19,33H2,1-3H3. The lowest BCUT2D eigenvalue weighted by Crippen LogP contribution is -2.56. The monoisotopic (exact) mass is 490 g/mol. The molecule has 0 radical (unpaired) electrons. The van der Waals surface area contributed by atoms with Gasteiger partial charge in [-0.1, -0.05) is 39.0 Å². The summed E-state index contributed by atoms with van der Waals surface area (Å²) in [6.07, 6.45) is 18.4. The van der Waals surface area contributed by atoms with Gasteiger partial charge in [0.2, 0.25) is 0 Å². The summed E-state index contributed by atoms with van der Waals surface area (Å²) >= 11 is 0. The number of H-pyrrole nitrogens is 2. The van der Waals surface area contributed by atoms with Gasteiger partial charge < -0.3 is 9.97 Å². The molecule has 2 nitrogen and oxygen atoms in total. The van der Waals surface area contributed by atoms with Crippen molar-refractivity contribution in [2.45, 2.75) is 69.9 Å². The summed E-state index contributed by atoms with van der Waals surface area (Å²) in [6.45, 7) is 7.09. The van der Waals surface area contributed by atoms with Gasteiger partial charge in [0.25, 0.3) is 0 Å². The van der Waals surface area contributed by atoms with Crippen LogP contribution in [0, 0.1) is 23.7 Å². The predicted octanol–water partition coefficient (Wildman–Crippen LogP) is 6.84. The molecule has 34 heavy (non-hydrogen) atoms. The summed E-state index contributed by atoms with van der Waals surface area (Å²) < 4.78 is 0. The van der Waals surface area contributed by atoms with Gasteiger partial charge in [0.1, 0.15) is 0 Å². The van der Waals surface area contributed by atoms with E-state index in [1.165, 1.54) is 54.4 Å². The van der Waals surface area contributed by atoms with E-state index in [1.807, 2.05) is 0 Å². The van der Waals surface area contributed by atoms with Gasteiger partial charge in [-0.2, -0.15) is 0 Å². The summed E-state index contributed by atoms with van der Waals surface area (Å²) in [5.74, 6) is 3.68. The van der Waals surface area contributed by atoms with Crippen LogP contribution in [0.4, 0.5) is 0 Å². The molecule has 4 aliphatic carbocycles. The molecule has 4 saturated carbocycles. The van der Waals surface area contributed by atoms with Crippen LogP contribution in [-0.4, -0.2) is 16.1 Å². The van der Waals surface area contributed by atoms with Crippen molar-refractivity contribution >= 4 is 27.8 Å². The number of rotatable bonds is 6. The van der Waals surface area contributed by atoms with Crippen LogP contribution in [0.3, 0.4) is 0 Å². The van der Waals surface area contributed by atoms with Crippen molar-refractivity contribution in [3.8, 4) is 0 Å². The second-order valence-electron chi connectivity index (χ2n) is 12.5. The maximum absolute atomic E-state index is 3.34. The van der Waals surface area contributed by atoms with Crippen LogP contribution in [-0.2, 0) is 17.0 Å². The summed E-state index contributed by atoms with van der Waals surface area (Å²) in [4.78, 5) is 6.67. The summed E-state index contributed by atoms with van der Waals surface area (Å²) in [7, 11) is 2.71. The minimum absolute atomic E-state index is 0.166. The van der Waals surface area contributed by atoms with E-state index >= 15 is 0 Å². The third-order valence-corrected chi connectivity index (χ3v) is 12.4. The third-order valence-electron chi connectivity index (χ3n) is 9.40. The fourth-order valence-electron chi connectivity index (χ4n) is 8.13. The Kier molecular flexibility index (Phi) is 5.86. The molecule has 2 heterocycles. The number of hydrogen-bond acceptors (Lipinski definition) is 0. The molecule has 0 amide bonds. The van der Waals surface area contributed by atoms with Crippen LogP contribution in [0.1, 0.15) is 69.6 Å². The third kappa shape index (κ3) is 3.85. The average Bonchev–Trinajstić information content (AvgIpc) is 3.51. The topological polar surface area (TPSA) is 31.6 Å². The number of aromatic nitrogens is 2. The number of hydrogen-bond donors (Lipinski definition) is 2.